The molecule has 1 aliphatic heterocycles. The van der Waals surface area contributed by atoms with Gasteiger partial charge in [-0.2, -0.15) is 0 Å². The topological polar surface area (TPSA) is 77.0 Å². The minimum absolute atomic E-state index is 0.296. The molecule has 0 aliphatic carbocycles. The number of fused-ring (bicyclic) bond motifs is 1. The molecule has 1 aliphatic rings. The normalized spacial score (nSPS) is 12.7. The highest BCUT2D eigenvalue weighted by atomic mass is 16.5. The van der Waals surface area contributed by atoms with Crippen LogP contribution in [-0.2, 0) is 11.3 Å². The molecule has 23 heavy (non-hydrogen) atoms. The number of carbonyl (C=O) groups is 1. The second kappa shape index (κ2) is 6.32. The van der Waals surface area contributed by atoms with Crippen molar-refractivity contribution in [3.05, 3.63) is 47.5 Å². The standard InChI is InChI=1S/C16H16BNO5/c1-21-12-5-6-14(15(8-12)22-2)18-16(19)10-3-4-11-9-23-17(20)13(11)7-10/h3-8,20H,9H2,1-2H3,(H,18,19). The summed E-state index contributed by atoms with van der Waals surface area (Å²) < 4.78 is 15.5. The van der Waals surface area contributed by atoms with Gasteiger partial charge in [-0.1, -0.05) is 6.07 Å². The molecule has 0 bridgehead atoms. The Morgan fingerprint density at radius 3 is 2.78 bits per heavy atom. The van der Waals surface area contributed by atoms with Crippen LogP contribution in [0.5, 0.6) is 11.5 Å². The molecule has 2 aromatic carbocycles. The largest absolute Gasteiger partial charge is 0.497 e. The van der Waals surface area contributed by atoms with Gasteiger partial charge in [-0.25, -0.2) is 0 Å². The molecule has 0 atom stereocenters. The van der Waals surface area contributed by atoms with Crippen molar-refractivity contribution >= 4 is 24.2 Å². The summed E-state index contributed by atoms with van der Waals surface area (Å²) in [5.74, 6) is 0.843. The zero-order valence-electron chi connectivity index (χ0n) is 12.8. The van der Waals surface area contributed by atoms with Crippen molar-refractivity contribution in [3.8, 4) is 11.5 Å². The number of nitrogens with one attached hydrogen (secondary N) is 1. The maximum Gasteiger partial charge on any atom is 0.491 e. The van der Waals surface area contributed by atoms with E-state index in [1.54, 1.807) is 43.5 Å². The number of rotatable bonds is 4. The predicted molar refractivity (Wildman–Crippen MR) is 86.3 cm³/mol. The van der Waals surface area contributed by atoms with Gasteiger partial charge in [-0.05, 0) is 35.3 Å². The van der Waals surface area contributed by atoms with E-state index < -0.39 is 7.12 Å². The first-order valence-electron chi connectivity index (χ1n) is 7.08. The van der Waals surface area contributed by atoms with Crippen LogP contribution < -0.4 is 20.3 Å². The lowest BCUT2D eigenvalue weighted by Gasteiger charge is -2.12. The van der Waals surface area contributed by atoms with Crippen LogP contribution in [0.4, 0.5) is 5.69 Å². The molecule has 2 aromatic rings. The van der Waals surface area contributed by atoms with Gasteiger partial charge in [0.2, 0.25) is 0 Å². The molecule has 0 spiro atoms. The second-order valence-electron chi connectivity index (χ2n) is 5.10. The Hall–Kier alpha value is -2.51. The Kier molecular flexibility index (Phi) is 4.23. The summed E-state index contributed by atoms with van der Waals surface area (Å²) in [6.45, 7) is 0.352. The van der Waals surface area contributed by atoms with Crippen molar-refractivity contribution in [2.24, 2.45) is 0 Å². The van der Waals surface area contributed by atoms with Gasteiger partial charge in [0.15, 0.2) is 0 Å². The Bertz CT molecular complexity index is 749. The number of amides is 1. The monoisotopic (exact) mass is 313 g/mol. The maximum absolute atomic E-state index is 12.4. The molecular formula is C16H16BNO5. The number of benzene rings is 2. The Morgan fingerprint density at radius 2 is 2.04 bits per heavy atom. The number of carbonyl (C=O) groups excluding carboxylic acids is 1. The quantitative estimate of drug-likeness (QED) is 0.829. The predicted octanol–water partition coefficient (Wildman–Crippen LogP) is 1.17. The third-order valence-electron chi connectivity index (χ3n) is 3.73. The first-order chi connectivity index (χ1) is 11.1. The Labute approximate surface area is 134 Å². The van der Waals surface area contributed by atoms with Crippen molar-refractivity contribution in [2.75, 3.05) is 19.5 Å². The van der Waals surface area contributed by atoms with E-state index >= 15 is 0 Å². The van der Waals surface area contributed by atoms with Crippen molar-refractivity contribution in [2.45, 2.75) is 6.61 Å². The number of hydrogen-bond acceptors (Lipinski definition) is 5. The van der Waals surface area contributed by atoms with Crippen molar-refractivity contribution in [1.29, 1.82) is 0 Å². The zero-order valence-corrected chi connectivity index (χ0v) is 12.8. The fraction of sp³-hybridized carbons (Fsp3) is 0.188. The van der Waals surface area contributed by atoms with Gasteiger partial charge in [-0.15, -0.1) is 0 Å². The van der Waals surface area contributed by atoms with E-state index in [9.17, 15) is 9.82 Å². The molecular weight excluding hydrogens is 297 g/mol. The van der Waals surface area contributed by atoms with E-state index in [1.165, 1.54) is 7.11 Å². The summed E-state index contributed by atoms with van der Waals surface area (Å²) in [4.78, 5) is 12.4. The molecule has 2 N–H and O–H groups in total. The van der Waals surface area contributed by atoms with Crippen molar-refractivity contribution < 1.29 is 23.9 Å². The van der Waals surface area contributed by atoms with Gasteiger partial charge in [0.05, 0.1) is 26.5 Å². The number of hydrogen-bond donors (Lipinski definition) is 2. The summed E-state index contributed by atoms with van der Waals surface area (Å²) in [6.07, 6.45) is 0. The van der Waals surface area contributed by atoms with Gasteiger partial charge in [0.25, 0.3) is 5.91 Å². The third kappa shape index (κ3) is 3.01. The molecule has 1 amide bonds. The summed E-state index contributed by atoms with van der Waals surface area (Å²) in [5.41, 5.74) is 2.48. The maximum atomic E-state index is 12.4. The molecule has 0 saturated carbocycles. The lowest BCUT2D eigenvalue weighted by atomic mass is 9.79. The summed E-state index contributed by atoms with van der Waals surface area (Å²) in [7, 11) is 2.10. The van der Waals surface area contributed by atoms with Crippen LogP contribution in [0, 0.1) is 0 Å². The van der Waals surface area contributed by atoms with Crippen LogP contribution in [0.3, 0.4) is 0 Å². The molecule has 0 saturated heterocycles. The van der Waals surface area contributed by atoms with Gasteiger partial charge >= 0.3 is 7.12 Å². The molecule has 0 aromatic heterocycles. The lowest BCUT2D eigenvalue weighted by Crippen LogP contribution is -2.29. The Morgan fingerprint density at radius 1 is 1.22 bits per heavy atom. The van der Waals surface area contributed by atoms with Gasteiger partial charge in [0.1, 0.15) is 11.5 Å². The average molecular weight is 313 g/mol. The molecule has 3 rings (SSSR count). The first kappa shape index (κ1) is 15.4. The van der Waals surface area contributed by atoms with E-state index in [1.807, 2.05) is 0 Å². The molecule has 6 nitrogen and oxygen atoms in total. The number of methoxy groups -OCH3 is 2. The van der Waals surface area contributed by atoms with Gasteiger partial charge < -0.3 is 24.5 Å². The first-order valence-corrected chi connectivity index (χ1v) is 7.08. The van der Waals surface area contributed by atoms with E-state index in [0.29, 0.717) is 34.8 Å². The molecule has 7 heteroatoms. The minimum Gasteiger partial charge on any atom is -0.497 e. The van der Waals surface area contributed by atoms with Crippen LogP contribution in [0.25, 0.3) is 0 Å². The fourth-order valence-corrected chi connectivity index (χ4v) is 2.45. The van der Waals surface area contributed by atoms with Crippen LogP contribution in [0.1, 0.15) is 15.9 Å². The number of ether oxygens (including phenoxy) is 2. The summed E-state index contributed by atoms with van der Waals surface area (Å²) in [5, 5.41) is 12.5. The second-order valence-corrected chi connectivity index (χ2v) is 5.10. The van der Waals surface area contributed by atoms with Crippen LogP contribution >= 0.6 is 0 Å². The summed E-state index contributed by atoms with van der Waals surface area (Å²) >= 11 is 0. The van der Waals surface area contributed by atoms with Crippen LogP contribution in [-0.4, -0.2) is 32.3 Å². The van der Waals surface area contributed by atoms with E-state index in [-0.39, 0.29) is 5.91 Å². The summed E-state index contributed by atoms with van der Waals surface area (Å²) in [6, 6.07) is 10.3. The smallest absolute Gasteiger partial charge is 0.491 e. The molecule has 0 fully saturated rings. The molecule has 118 valence electrons. The van der Waals surface area contributed by atoms with Gasteiger partial charge in [-0.3, -0.25) is 4.79 Å². The van der Waals surface area contributed by atoms with E-state index in [4.69, 9.17) is 14.1 Å². The Balaban J connectivity index is 1.84. The highest BCUT2D eigenvalue weighted by molar-refractivity contribution is 6.61. The van der Waals surface area contributed by atoms with E-state index in [0.717, 1.165) is 5.56 Å². The highest BCUT2D eigenvalue weighted by Gasteiger charge is 2.28. The third-order valence-corrected chi connectivity index (χ3v) is 3.73. The van der Waals surface area contributed by atoms with Crippen LogP contribution in [0.2, 0.25) is 0 Å². The fourth-order valence-electron chi connectivity index (χ4n) is 2.45. The van der Waals surface area contributed by atoms with Crippen LogP contribution in [0.15, 0.2) is 36.4 Å². The minimum atomic E-state index is -0.978. The highest BCUT2D eigenvalue weighted by Crippen LogP contribution is 2.29. The molecule has 0 unspecified atom stereocenters. The van der Waals surface area contributed by atoms with E-state index in [2.05, 4.69) is 5.32 Å². The molecule has 0 radical (unpaired) electrons. The lowest BCUT2D eigenvalue weighted by molar-refractivity contribution is 0.102. The molecule has 1 heterocycles. The van der Waals surface area contributed by atoms with Crippen molar-refractivity contribution in [1.82, 2.24) is 0 Å². The number of anilines is 1. The SMILES string of the molecule is COc1ccc(NC(=O)c2ccc3c(c2)B(O)OC3)c(OC)c1. The van der Waals surface area contributed by atoms with Gasteiger partial charge in [0, 0.05) is 11.6 Å². The van der Waals surface area contributed by atoms with Crippen molar-refractivity contribution in [3.63, 3.8) is 0 Å². The average Bonchev–Trinajstić information content (AvgIpc) is 2.95. The zero-order chi connectivity index (χ0) is 16.4.